The molecule has 0 saturated carbocycles. The zero-order valence-corrected chi connectivity index (χ0v) is 16.9. The molecule has 0 aliphatic carbocycles. The van der Waals surface area contributed by atoms with E-state index in [0.717, 1.165) is 5.69 Å². The molecule has 2 aromatic carbocycles. The van der Waals surface area contributed by atoms with Crippen LogP contribution in [0.15, 0.2) is 65.6 Å². The summed E-state index contributed by atoms with van der Waals surface area (Å²) in [4.78, 5) is 16.8. The second kappa shape index (κ2) is 8.03. The van der Waals surface area contributed by atoms with Crippen LogP contribution in [-0.2, 0) is 10.0 Å². The van der Waals surface area contributed by atoms with Crippen molar-refractivity contribution in [1.29, 1.82) is 0 Å². The number of nitrogens with zero attached hydrogens (tertiary/aromatic N) is 1. The van der Waals surface area contributed by atoms with Crippen LogP contribution < -0.4 is 19.5 Å². The fourth-order valence-corrected chi connectivity index (χ4v) is 3.99. The molecule has 0 atom stereocenters. The number of sulfonamides is 1. The van der Waals surface area contributed by atoms with Crippen molar-refractivity contribution in [3.8, 4) is 11.5 Å². The normalized spacial score (nSPS) is 12.8. The Labute approximate surface area is 173 Å². The molecule has 154 valence electrons. The van der Waals surface area contributed by atoms with Crippen LogP contribution in [0.3, 0.4) is 0 Å². The van der Waals surface area contributed by atoms with Gasteiger partial charge in [-0.05, 0) is 49.4 Å². The second-order valence-corrected chi connectivity index (χ2v) is 8.29. The summed E-state index contributed by atoms with van der Waals surface area (Å²) in [6.07, 6.45) is 0. The van der Waals surface area contributed by atoms with Gasteiger partial charge >= 0.3 is 0 Å². The highest BCUT2D eigenvalue weighted by Crippen LogP contribution is 2.32. The first-order chi connectivity index (χ1) is 14.4. The number of amides is 1. The maximum atomic E-state index is 12.8. The molecule has 1 aromatic heterocycles. The highest BCUT2D eigenvalue weighted by atomic mass is 32.2. The van der Waals surface area contributed by atoms with Gasteiger partial charge in [0, 0.05) is 23.0 Å². The molecule has 0 unspecified atom stereocenters. The Bertz CT molecular complexity index is 1210. The topological polar surface area (TPSA) is 107 Å². The first-order valence-electron chi connectivity index (χ1n) is 9.18. The first-order valence-corrected chi connectivity index (χ1v) is 10.7. The molecular weight excluding hydrogens is 406 g/mol. The molecule has 0 spiro atoms. The van der Waals surface area contributed by atoms with Gasteiger partial charge in [-0.3, -0.25) is 9.52 Å². The summed E-state index contributed by atoms with van der Waals surface area (Å²) in [6, 6.07) is 15.9. The van der Waals surface area contributed by atoms with E-state index in [4.69, 9.17) is 9.47 Å². The van der Waals surface area contributed by atoms with Gasteiger partial charge in [0.1, 0.15) is 19.0 Å². The van der Waals surface area contributed by atoms with Gasteiger partial charge in [0.2, 0.25) is 0 Å². The van der Waals surface area contributed by atoms with Gasteiger partial charge in [-0.25, -0.2) is 13.4 Å². The average Bonchev–Trinajstić information content (AvgIpc) is 2.73. The number of carbonyl (C=O) groups excluding carboxylic acids is 1. The van der Waals surface area contributed by atoms with Crippen LogP contribution in [0, 0.1) is 6.92 Å². The van der Waals surface area contributed by atoms with E-state index in [0.29, 0.717) is 36.1 Å². The summed E-state index contributed by atoms with van der Waals surface area (Å²) in [7, 11) is -3.88. The van der Waals surface area contributed by atoms with Crippen molar-refractivity contribution in [2.24, 2.45) is 0 Å². The van der Waals surface area contributed by atoms with Crippen molar-refractivity contribution in [3.63, 3.8) is 0 Å². The first kappa shape index (κ1) is 19.7. The number of rotatable bonds is 5. The number of carbonyl (C=O) groups is 1. The van der Waals surface area contributed by atoms with Crippen LogP contribution in [0.2, 0.25) is 0 Å². The van der Waals surface area contributed by atoms with Gasteiger partial charge in [0.15, 0.2) is 11.5 Å². The highest BCUT2D eigenvalue weighted by Gasteiger charge is 2.20. The molecule has 0 bridgehead atoms. The molecule has 4 rings (SSSR count). The number of nitrogens with one attached hydrogen (secondary N) is 2. The number of hydrogen-bond acceptors (Lipinski definition) is 6. The molecule has 0 fully saturated rings. The van der Waals surface area contributed by atoms with Crippen molar-refractivity contribution < 1.29 is 22.7 Å². The molecule has 30 heavy (non-hydrogen) atoms. The Morgan fingerprint density at radius 1 is 0.967 bits per heavy atom. The van der Waals surface area contributed by atoms with E-state index in [2.05, 4.69) is 15.0 Å². The zero-order valence-electron chi connectivity index (χ0n) is 16.1. The van der Waals surface area contributed by atoms with E-state index < -0.39 is 15.9 Å². The summed E-state index contributed by atoms with van der Waals surface area (Å²) >= 11 is 0. The van der Waals surface area contributed by atoms with Crippen molar-refractivity contribution >= 4 is 27.4 Å². The molecule has 9 heteroatoms. The predicted molar refractivity (Wildman–Crippen MR) is 112 cm³/mol. The van der Waals surface area contributed by atoms with Crippen LogP contribution in [-0.4, -0.2) is 32.5 Å². The lowest BCUT2D eigenvalue weighted by atomic mass is 10.2. The average molecular weight is 425 g/mol. The molecule has 1 aliphatic rings. The minimum absolute atomic E-state index is 0.0329. The van der Waals surface area contributed by atoms with Crippen LogP contribution in [0.25, 0.3) is 0 Å². The standard InChI is InChI=1S/C21H19N3O5S/c1-14-4-2-7-20(22-14)23-21(25)15-5-3-6-16(12-15)24-30(26,27)17-8-9-18-19(13-17)29-11-10-28-18/h2-9,12-13,24H,10-11H2,1H3,(H,22,23,25). The fourth-order valence-electron chi connectivity index (χ4n) is 2.93. The van der Waals surface area contributed by atoms with Gasteiger partial charge in [-0.1, -0.05) is 12.1 Å². The Morgan fingerprint density at radius 2 is 1.73 bits per heavy atom. The molecule has 3 aromatic rings. The van der Waals surface area contributed by atoms with Gasteiger partial charge in [-0.15, -0.1) is 0 Å². The van der Waals surface area contributed by atoms with Crippen molar-refractivity contribution in [3.05, 3.63) is 71.9 Å². The van der Waals surface area contributed by atoms with Crippen LogP contribution in [0.1, 0.15) is 16.1 Å². The highest BCUT2D eigenvalue weighted by molar-refractivity contribution is 7.92. The maximum Gasteiger partial charge on any atom is 0.262 e. The predicted octanol–water partition coefficient (Wildman–Crippen LogP) is 3.21. The van der Waals surface area contributed by atoms with E-state index in [1.807, 2.05) is 13.0 Å². The Balaban J connectivity index is 1.53. The number of benzene rings is 2. The van der Waals surface area contributed by atoms with Crippen molar-refractivity contribution in [2.45, 2.75) is 11.8 Å². The van der Waals surface area contributed by atoms with E-state index in [1.54, 1.807) is 36.4 Å². The van der Waals surface area contributed by atoms with Crippen LogP contribution >= 0.6 is 0 Å². The second-order valence-electron chi connectivity index (χ2n) is 6.61. The Morgan fingerprint density at radius 3 is 2.53 bits per heavy atom. The molecule has 0 radical (unpaired) electrons. The summed E-state index contributed by atoms with van der Waals surface area (Å²) in [5.74, 6) is 0.905. The number of pyridine rings is 1. The summed E-state index contributed by atoms with van der Waals surface area (Å²) in [5, 5.41) is 2.70. The minimum atomic E-state index is -3.88. The number of anilines is 2. The molecular formula is C21H19N3O5S. The smallest absolute Gasteiger partial charge is 0.262 e. The lowest BCUT2D eigenvalue weighted by Gasteiger charge is -2.19. The summed E-state index contributed by atoms with van der Waals surface area (Å²) < 4.78 is 38.9. The third-order valence-corrected chi connectivity index (χ3v) is 5.71. The van der Waals surface area contributed by atoms with E-state index in [9.17, 15) is 13.2 Å². The SMILES string of the molecule is Cc1cccc(NC(=O)c2cccc(NS(=O)(=O)c3ccc4c(c3)OCCO4)c2)n1. The maximum absolute atomic E-state index is 12.8. The van der Waals surface area contributed by atoms with Gasteiger partial charge < -0.3 is 14.8 Å². The van der Waals surface area contributed by atoms with Gasteiger partial charge in [-0.2, -0.15) is 0 Å². The van der Waals surface area contributed by atoms with Crippen LogP contribution in [0.4, 0.5) is 11.5 Å². The van der Waals surface area contributed by atoms with Crippen LogP contribution in [0.5, 0.6) is 11.5 Å². The van der Waals surface area contributed by atoms with E-state index in [-0.39, 0.29) is 10.6 Å². The molecule has 8 nitrogen and oxygen atoms in total. The van der Waals surface area contributed by atoms with Crippen molar-refractivity contribution in [2.75, 3.05) is 23.3 Å². The third-order valence-electron chi connectivity index (χ3n) is 4.33. The summed E-state index contributed by atoms with van der Waals surface area (Å²) in [6.45, 7) is 2.60. The molecule has 2 heterocycles. The quantitative estimate of drug-likeness (QED) is 0.650. The van der Waals surface area contributed by atoms with Gasteiger partial charge in [0.05, 0.1) is 4.90 Å². The van der Waals surface area contributed by atoms with E-state index in [1.165, 1.54) is 18.2 Å². The van der Waals surface area contributed by atoms with Gasteiger partial charge in [0.25, 0.3) is 15.9 Å². The number of aryl methyl sites for hydroxylation is 1. The van der Waals surface area contributed by atoms with Crippen molar-refractivity contribution in [1.82, 2.24) is 4.98 Å². The molecule has 1 amide bonds. The Hall–Kier alpha value is -3.59. The number of aromatic nitrogens is 1. The fraction of sp³-hybridized carbons (Fsp3) is 0.143. The van der Waals surface area contributed by atoms with E-state index >= 15 is 0 Å². The number of hydrogen-bond donors (Lipinski definition) is 2. The lowest BCUT2D eigenvalue weighted by Crippen LogP contribution is -2.18. The molecule has 1 aliphatic heterocycles. The molecule has 2 N–H and O–H groups in total. The number of ether oxygens (including phenoxy) is 2. The molecule has 0 saturated heterocycles. The lowest BCUT2D eigenvalue weighted by molar-refractivity contribution is 0.102. The zero-order chi connectivity index (χ0) is 21.1. The Kier molecular flexibility index (Phi) is 5.28. The third kappa shape index (κ3) is 4.36. The monoisotopic (exact) mass is 425 g/mol. The number of fused-ring (bicyclic) bond motifs is 1. The minimum Gasteiger partial charge on any atom is -0.486 e. The summed E-state index contributed by atoms with van der Waals surface area (Å²) in [5.41, 5.74) is 1.32. The largest absolute Gasteiger partial charge is 0.486 e.